The number of benzene rings is 3. The number of aliphatic hydroxyl groups excluding tert-OH is 1. The average Bonchev–Trinajstić information content (AvgIpc) is 3.77. The van der Waals surface area contributed by atoms with Gasteiger partial charge in [0.2, 0.25) is 14.3 Å². The number of carbonyl (C=O) groups is 2. The number of aliphatic hydroxyl groups is 1. The summed E-state index contributed by atoms with van der Waals surface area (Å²) < 4.78 is 30.5. The van der Waals surface area contributed by atoms with Gasteiger partial charge >= 0.3 is 0 Å². The number of hydrazone groups is 1. The first-order valence-electron chi connectivity index (χ1n) is 17.5. The summed E-state index contributed by atoms with van der Waals surface area (Å²) in [6.45, 7) is 5.96. The van der Waals surface area contributed by atoms with Crippen LogP contribution < -0.4 is 14.6 Å². The topological polar surface area (TPSA) is 122 Å². The van der Waals surface area contributed by atoms with Crippen molar-refractivity contribution in [2.45, 2.75) is 76.0 Å². The van der Waals surface area contributed by atoms with Crippen molar-refractivity contribution in [3.8, 4) is 5.75 Å². The maximum atomic E-state index is 16.3. The van der Waals surface area contributed by atoms with Crippen LogP contribution >= 0.6 is 0 Å². The molecule has 0 unspecified atom stereocenters. The molecule has 0 saturated carbocycles. The number of aromatic nitrogens is 3. The van der Waals surface area contributed by atoms with Gasteiger partial charge in [-0.15, -0.1) is 5.10 Å². The first-order valence-corrected chi connectivity index (χ1v) is 20.4. The standard InChI is InChI=1S/C38H43FN6O5Si/c1-25-36(51(3,4)39)34(18-20-43-24-28(19-21-46)40-42-43)50-38(25)31-22-30(49-2)14-16-33(31)44(37(38)48)23-26-10-12-29(13-11-26)45-35(47)17-15-32(41-45)27-8-6-5-7-9-27/h5-14,16,22,24-25,34,36,46H,15,17-21,23H2,1-4H3/t25-,34+,36-,38+/m0/s1. The van der Waals surface area contributed by atoms with Gasteiger partial charge in [-0.05, 0) is 61.0 Å². The van der Waals surface area contributed by atoms with E-state index in [4.69, 9.17) is 9.47 Å². The summed E-state index contributed by atoms with van der Waals surface area (Å²) in [5.41, 5.74) is 3.52. The maximum absolute atomic E-state index is 16.3. The van der Waals surface area contributed by atoms with Crippen LogP contribution in [0.2, 0.25) is 18.6 Å². The van der Waals surface area contributed by atoms with Crippen LogP contribution in [0.3, 0.4) is 0 Å². The molecule has 1 spiro atoms. The van der Waals surface area contributed by atoms with E-state index >= 15 is 4.11 Å². The third-order valence-electron chi connectivity index (χ3n) is 10.4. The van der Waals surface area contributed by atoms with Crippen LogP contribution in [-0.2, 0) is 39.4 Å². The predicted molar refractivity (Wildman–Crippen MR) is 194 cm³/mol. The molecular weight excluding hydrogens is 668 g/mol. The molecular formula is C38H43FN6O5Si. The minimum absolute atomic E-state index is 0.0257. The van der Waals surface area contributed by atoms with Gasteiger partial charge in [0.25, 0.3) is 5.91 Å². The van der Waals surface area contributed by atoms with Crippen molar-refractivity contribution in [2.24, 2.45) is 11.0 Å². The molecule has 0 radical (unpaired) electrons. The Labute approximate surface area is 297 Å². The maximum Gasteiger partial charge on any atom is 0.264 e. The Morgan fingerprint density at radius 2 is 1.82 bits per heavy atom. The van der Waals surface area contributed by atoms with Gasteiger partial charge in [0, 0.05) is 55.6 Å². The van der Waals surface area contributed by atoms with Crippen LogP contribution in [0.4, 0.5) is 15.5 Å². The van der Waals surface area contributed by atoms with E-state index in [2.05, 4.69) is 15.4 Å². The highest BCUT2D eigenvalue weighted by Crippen LogP contribution is 2.60. The van der Waals surface area contributed by atoms with Crippen molar-refractivity contribution < 1.29 is 28.3 Å². The molecule has 1 fully saturated rings. The molecule has 13 heteroatoms. The van der Waals surface area contributed by atoms with Gasteiger partial charge in [0.05, 0.1) is 42.5 Å². The van der Waals surface area contributed by atoms with Gasteiger partial charge in [0.15, 0.2) is 5.60 Å². The molecule has 11 nitrogen and oxygen atoms in total. The van der Waals surface area contributed by atoms with Crippen molar-refractivity contribution >= 4 is 37.3 Å². The van der Waals surface area contributed by atoms with Crippen molar-refractivity contribution in [1.82, 2.24) is 15.0 Å². The second-order valence-corrected chi connectivity index (χ2v) is 17.9. The van der Waals surface area contributed by atoms with Gasteiger partial charge in [-0.2, -0.15) is 5.10 Å². The Hall–Kier alpha value is -4.72. The van der Waals surface area contributed by atoms with E-state index in [1.54, 1.807) is 36.0 Å². The summed E-state index contributed by atoms with van der Waals surface area (Å²) >= 11 is 0. The number of aryl methyl sites for hydroxylation is 1. The molecule has 1 saturated heterocycles. The number of amides is 2. The number of halogens is 1. The normalized spacial score (nSPS) is 23.3. The lowest BCUT2D eigenvalue weighted by Crippen LogP contribution is -2.45. The fraction of sp³-hybridized carbons (Fsp3) is 0.395. The highest BCUT2D eigenvalue weighted by molar-refractivity contribution is 6.72. The minimum Gasteiger partial charge on any atom is -0.497 e. The van der Waals surface area contributed by atoms with E-state index in [0.29, 0.717) is 60.6 Å². The van der Waals surface area contributed by atoms with Crippen LogP contribution in [0, 0.1) is 5.92 Å². The van der Waals surface area contributed by atoms with Crippen LogP contribution in [0.1, 0.15) is 48.6 Å². The molecule has 0 bridgehead atoms. The van der Waals surface area contributed by atoms with E-state index < -0.39 is 31.6 Å². The zero-order chi connectivity index (χ0) is 35.9. The lowest BCUT2D eigenvalue weighted by atomic mass is 9.82. The monoisotopic (exact) mass is 710 g/mol. The summed E-state index contributed by atoms with van der Waals surface area (Å²) in [4.78, 5) is 29.5. The Bertz CT molecular complexity index is 1950. The molecule has 3 aromatic carbocycles. The van der Waals surface area contributed by atoms with Gasteiger partial charge in [-0.25, -0.2) is 5.01 Å². The molecule has 2 amide bonds. The van der Waals surface area contributed by atoms with Crippen LogP contribution in [0.15, 0.2) is 84.1 Å². The van der Waals surface area contributed by atoms with Crippen LogP contribution in [0.25, 0.3) is 0 Å². The number of methoxy groups -OCH3 is 1. The van der Waals surface area contributed by atoms with Gasteiger partial charge in [-0.3, -0.25) is 14.3 Å². The van der Waals surface area contributed by atoms with E-state index in [0.717, 1.165) is 16.8 Å². The summed E-state index contributed by atoms with van der Waals surface area (Å²) in [6, 6.07) is 22.9. The molecule has 4 atom stereocenters. The quantitative estimate of drug-likeness (QED) is 0.155. The third kappa shape index (κ3) is 6.38. The van der Waals surface area contributed by atoms with E-state index in [1.807, 2.05) is 79.7 Å². The van der Waals surface area contributed by atoms with Gasteiger partial charge < -0.3 is 23.6 Å². The zero-order valence-electron chi connectivity index (χ0n) is 29.3. The molecule has 4 aromatic rings. The van der Waals surface area contributed by atoms with Gasteiger partial charge in [0.1, 0.15) is 5.75 Å². The predicted octanol–water partition coefficient (Wildman–Crippen LogP) is 5.76. The molecule has 51 heavy (non-hydrogen) atoms. The van der Waals surface area contributed by atoms with Crippen molar-refractivity contribution in [2.75, 3.05) is 23.6 Å². The largest absolute Gasteiger partial charge is 0.497 e. The fourth-order valence-electron chi connectivity index (χ4n) is 8.03. The number of anilines is 2. The number of rotatable bonds is 11. The lowest BCUT2D eigenvalue weighted by Gasteiger charge is -2.31. The van der Waals surface area contributed by atoms with Crippen molar-refractivity contribution in [1.29, 1.82) is 0 Å². The number of ether oxygens (including phenoxy) is 2. The third-order valence-corrected chi connectivity index (χ3v) is 12.9. The van der Waals surface area contributed by atoms with Crippen molar-refractivity contribution in [3.63, 3.8) is 0 Å². The Kier molecular flexibility index (Phi) is 9.38. The highest BCUT2D eigenvalue weighted by Gasteiger charge is 2.66. The molecule has 266 valence electrons. The summed E-state index contributed by atoms with van der Waals surface area (Å²) in [5.74, 6) is -0.183. The molecule has 7 rings (SSSR count). The smallest absolute Gasteiger partial charge is 0.264 e. The molecule has 1 aromatic heterocycles. The average molecular weight is 711 g/mol. The van der Waals surface area contributed by atoms with Crippen LogP contribution in [-0.4, -0.2) is 65.9 Å². The number of carbonyl (C=O) groups excluding carboxylic acids is 2. The van der Waals surface area contributed by atoms with E-state index in [1.165, 1.54) is 5.01 Å². The van der Waals surface area contributed by atoms with E-state index in [-0.39, 0.29) is 25.0 Å². The summed E-state index contributed by atoms with van der Waals surface area (Å²) in [7, 11) is -1.78. The SMILES string of the molecule is COc1ccc2c(c1)[C@@]1(O[C@H](CCn3cc(CCO)nn3)[C@@H]([Si](C)(C)F)[C@@H]1C)C(=O)N2Cc1ccc(N2N=C(c3ccccc3)CCC2=O)cc1. The number of hydrogen-bond donors (Lipinski definition) is 1. The summed E-state index contributed by atoms with van der Waals surface area (Å²) in [5, 5.41) is 23.7. The molecule has 0 aliphatic carbocycles. The number of fused-ring (bicyclic) bond motifs is 2. The van der Waals surface area contributed by atoms with E-state index in [9.17, 15) is 14.7 Å². The van der Waals surface area contributed by atoms with Crippen molar-refractivity contribution in [3.05, 3.63) is 101 Å². The fourth-order valence-corrected chi connectivity index (χ4v) is 10.6. The highest BCUT2D eigenvalue weighted by atomic mass is 28.4. The summed E-state index contributed by atoms with van der Waals surface area (Å²) in [6.07, 6.45) is 3.03. The van der Waals surface area contributed by atoms with Gasteiger partial charge in [-0.1, -0.05) is 54.6 Å². The first-order chi connectivity index (χ1) is 24.5. The second kappa shape index (κ2) is 13.8. The molecule has 4 heterocycles. The Morgan fingerprint density at radius 1 is 1.06 bits per heavy atom. The second-order valence-electron chi connectivity index (χ2n) is 14.1. The lowest BCUT2D eigenvalue weighted by molar-refractivity contribution is -0.146. The number of hydrogen-bond acceptors (Lipinski definition) is 8. The number of nitrogens with zero attached hydrogens (tertiary/aromatic N) is 6. The van der Waals surface area contributed by atoms with Crippen LogP contribution in [0.5, 0.6) is 5.75 Å². The first kappa shape index (κ1) is 34.7. The Balaban J connectivity index is 1.17. The molecule has 3 aliphatic heterocycles. The molecule has 1 N–H and O–H groups in total. The zero-order valence-corrected chi connectivity index (χ0v) is 30.3. The minimum atomic E-state index is -3.36. The molecule has 3 aliphatic rings. The Morgan fingerprint density at radius 3 is 2.53 bits per heavy atom.